The second-order valence-electron chi connectivity index (χ2n) is 9.11. The van der Waals surface area contributed by atoms with E-state index in [0.717, 1.165) is 35.7 Å². The van der Waals surface area contributed by atoms with Crippen LogP contribution < -0.4 is 11.5 Å². The fourth-order valence-electron chi connectivity index (χ4n) is 5.93. The zero-order valence-corrected chi connectivity index (χ0v) is 17.5. The Morgan fingerprint density at radius 2 is 1.91 bits per heavy atom. The Morgan fingerprint density at radius 3 is 2.72 bits per heavy atom. The summed E-state index contributed by atoms with van der Waals surface area (Å²) in [7, 11) is 0. The number of hydrogen-bond donors (Lipinski definition) is 4. The Kier molecular flexibility index (Phi) is 4.15. The van der Waals surface area contributed by atoms with Gasteiger partial charge in [0.15, 0.2) is 5.65 Å². The van der Waals surface area contributed by atoms with Gasteiger partial charge in [-0.2, -0.15) is 0 Å². The number of anilines is 2. The van der Waals surface area contributed by atoms with Gasteiger partial charge >= 0.3 is 0 Å². The molecule has 0 aromatic carbocycles. The highest BCUT2D eigenvalue weighted by molar-refractivity contribution is 5.86. The zero-order chi connectivity index (χ0) is 22.0. The van der Waals surface area contributed by atoms with Crippen molar-refractivity contribution in [3.8, 4) is 0 Å². The zero-order valence-electron chi connectivity index (χ0n) is 17.5. The van der Waals surface area contributed by atoms with Crippen LogP contribution in [0.5, 0.6) is 0 Å². The van der Waals surface area contributed by atoms with Gasteiger partial charge < -0.3 is 26.2 Å². The number of nitrogens with two attached hydrogens (primary N) is 2. The number of fused-ring (bicyclic) bond motifs is 3. The molecule has 0 unspecified atom stereocenters. The first-order valence-electron chi connectivity index (χ1n) is 10.9. The molecule has 9 heteroatoms. The van der Waals surface area contributed by atoms with E-state index in [0.29, 0.717) is 29.4 Å². The number of hydrogen-bond acceptors (Lipinski definition) is 8. The Labute approximate surface area is 184 Å². The highest BCUT2D eigenvalue weighted by Gasteiger charge is 2.64. The molecule has 0 bridgehead atoms. The molecule has 0 amide bonds. The van der Waals surface area contributed by atoms with Crippen molar-refractivity contribution in [2.45, 2.75) is 43.9 Å². The minimum Gasteiger partial charge on any atom is -0.390 e. The molecule has 2 aliphatic carbocycles. The molecule has 0 radical (unpaired) electrons. The summed E-state index contributed by atoms with van der Waals surface area (Å²) in [5.74, 6) is 1.01. The van der Waals surface area contributed by atoms with Crippen molar-refractivity contribution in [3.63, 3.8) is 0 Å². The summed E-state index contributed by atoms with van der Waals surface area (Å²) in [5.41, 5.74) is 13.7. The molecule has 32 heavy (non-hydrogen) atoms. The van der Waals surface area contributed by atoms with Crippen molar-refractivity contribution in [1.82, 2.24) is 24.5 Å². The summed E-state index contributed by atoms with van der Waals surface area (Å²) in [6.07, 6.45) is 4.91. The summed E-state index contributed by atoms with van der Waals surface area (Å²) in [6, 6.07) is 9.30. The quantitative estimate of drug-likeness (QED) is 0.382. The first kappa shape index (κ1) is 19.4. The normalized spacial score (nSPS) is 29.3. The van der Waals surface area contributed by atoms with Crippen LogP contribution in [0.25, 0.3) is 22.1 Å². The van der Waals surface area contributed by atoms with Gasteiger partial charge in [-0.1, -0.05) is 0 Å². The van der Waals surface area contributed by atoms with E-state index < -0.39 is 12.2 Å². The largest absolute Gasteiger partial charge is 0.390 e. The van der Waals surface area contributed by atoms with E-state index in [4.69, 9.17) is 11.5 Å². The summed E-state index contributed by atoms with van der Waals surface area (Å²) in [5, 5.41) is 23.9. The van der Waals surface area contributed by atoms with Crippen LogP contribution in [-0.2, 0) is 6.42 Å². The average Bonchev–Trinajstić information content (AvgIpc) is 3.25. The highest BCUT2D eigenvalue weighted by Crippen LogP contribution is 2.64. The second-order valence-corrected chi connectivity index (χ2v) is 9.11. The summed E-state index contributed by atoms with van der Waals surface area (Å²) < 4.78 is 1.97. The van der Waals surface area contributed by atoms with E-state index in [2.05, 4.69) is 19.9 Å². The van der Waals surface area contributed by atoms with E-state index in [1.165, 1.54) is 6.33 Å². The van der Waals surface area contributed by atoms with E-state index in [-0.39, 0.29) is 17.4 Å². The van der Waals surface area contributed by atoms with Crippen molar-refractivity contribution < 1.29 is 10.2 Å². The molecule has 2 fully saturated rings. The summed E-state index contributed by atoms with van der Waals surface area (Å²) in [6.45, 7) is 0. The van der Waals surface area contributed by atoms with Crippen LogP contribution in [0.2, 0.25) is 0 Å². The van der Waals surface area contributed by atoms with Gasteiger partial charge in [0.2, 0.25) is 0 Å². The maximum Gasteiger partial charge on any atom is 0.161 e. The van der Waals surface area contributed by atoms with E-state index in [1.807, 2.05) is 35.0 Å². The van der Waals surface area contributed by atoms with Crippen molar-refractivity contribution in [1.29, 1.82) is 0 Å². The molecule has 0 aliphatic heterocycles. The van der Waals surface area contributed by atoms with Gasteiger partial charge in [-0.25, -0.2) is 19.9 Å². The lowest BCUT2D eigenvalue weighted by atomic mass is 9.58. The number of rotatable bonds is 4. The third kappa shape index (κ3) is 2.64. The molecule has 2 saturated carbocycles. The predicted molar refractivity (Wildman–Crippen MR) is 120 cm³/mol. The van der Waals surface area contributed by atoms with Crippen LogP contribution in [0.15, 0.2) is 42.9 Å². The van der Waals surface area contributed by atoms with Gasteiger partial charge in [0, 0.05) is 22.7 Å². The minimum absolute atomic E-state index is 0.147. The number of aliphatic hydroxyl groups is 2. The Balaban J connectivity index is 1.30. The fourth-order valence-corrected chi connectivity index (χ4v) is 5.93. The molecule has 6 rings (SSSR count). The summed E-state index contributed by atoms with van der Waals surface area (Å²) >= 11 is 0. The number of pyridine rings is 2. The third-order valence-electron chi connectivity index (χ3n) is 7.67. The van der Waals surface area contributed by atoms with E-state index >= 15 is 0 Å². The monoisotopic (exact) mass is 431 g/mol. The second kappa shape index (κ2) is 6.85. The average molecular weight is 432 g/mol. The Hall–Kier alpha value is -3.30. The lowest BCUT2D eigenvalue weighted by molar-refractivity contribution is -0.0743. The van der Waals surface area contributed by atoms with Gasteiger partial charge in [-0.3, -0.25) is 0 Å². The Morgan fingerprint density at radius 1 is 1.06 bits per heavy atom. The molecule has 0 saturated heterocycles. The predicted octanol–water partition coefficient (Wildman–Crippen LogP) is 1.84. The maximum absolute atomic E-state index is 11.2. The molecule has 0 spiro atoms. The topological polar surface area (TPSA) is 149 Å². The van der Waals surface area contributed by atoms with Gasteiger partial charge in [-0.05, 0) is 61.9 Å². The third-order valence-corrected chi connectivity index (χ3v) is 7.67. The molecule has 4 aromatic rings. The van der Waals surface area contributed by atoms with Crippen molar-refractivity contribution in [3.05, 3.63) is 48.5 Å². The molecule has 5 atom stereocenters. The number of aromatic nitrogens is 5. The van der Waals surface area contributed by atoms with E-state index in [9.17, 15) is 10.2 Å². The van der Waals surface area contributed by atoms with Crippen LogP contribution in [0.3, 0.4) is 0 Å². The smallest absolute Gasteiger partial charge is 0.161 e. The van der Waals surface area contributed by atoms with Gasteiger partial charge in [0.25, 0.3) is 0 Å². The first-order chi connectivity index (χ1) is 15.5. The van der Waals surface area contributed by atoms with Crippen LogP contribution in [0.4, 0.5) is 11.6 Å². The summed E-state index contributed by atoms with van der Waals surface area (Å²) in [4.78, 5) is 17.4. The number of aliphatic hydroxyl groups excluding tert-OH is 2. The molecule has 164 valence electrons. The fraction of sp³-hybridized carbons (Fsp3) is 0.391. The lowest BCUT2D eigenvalue weighted by Crippen LogP contribution is -2.46. The number of nitrogen functional groups attached to an aromatic ring is 2. The minimum atomic E-state index is -0.875. The van der Waals surface area contributed by atoms with Crippen molar-refractivity contribution in [2.75, 3.05) is 11.5 Å². The SMILES string of the molecule is Nc1ccc2ccc(CC[C@@]34CC[C@@H]3[C@@H](n3ccc5c(N)ncnc53)[C@H](O)[C@@H]4O)nc2n1. The molecule has 4 heterocycles. The first-order valence-corrected chi connectivity index (χ1v) is 10.9. The van der Waals surface area contributed by atoms with Crippen LogP contribution in [0.1, 0.15) is 31.0 Å². The molecule has 2 aliphatic rings. The van der Waals surface area contributed by atoms with Gasteiger partial charge in [-0.15, -0.1) is 0 Å². The molecular weight excluding hydrogens is 406 g/mol. The highest BCUT2D eigenvalue weighted by atomic mass is 16.3. The van der Waals surface area contributed by atoms with E-state index in [1.54, 1.807) is 6.07 Å². The van der Waals surface area contributed by atoms with Gasteiger partial charge in [0.1, 0.15) is 29.7 Å². The standard InChI is InChI=1S/C23H25N7O2/c24-16-4-2-12-1-3-13(28-21(12)29-16)5-8-23-9-6-15(23)17(18(31)19(23)32)30-10-7-14-20(25)26-11-27-22(14)30/h1-4,7,10-11,15,17-19,31-32H,5-6,8-9H2,(H2,24,28,29)(H2,25,26,27)/t15-,17-,18+,19+,23-/m1/s1. The Bertz CT molecular complexity index is 1340. The molecular formula is C23H25N7O2. The molecule has 4 aromatic heterocycles. The maximum atomic E-state index is 11.2. The van der Waals surface area contributed by atoms with Gasteiger partial charge in [0.05, 0.1) is 17.5 Å². The number of aryl methyl sites for hydroxylation is 1. The van der Waals surface area contributed by atoms with Crippen molar-refractivity contribution >= 4 is 33.7 Å². The van der Waals surface area contributed by atoms with Crippen LogP contribution in [-0.4, -0.2) is 46.9 Å². The number of nitrogens with zero attached hydrogens (tertiary/aromatic N) is 5. The molecule has 9 nitrogen and oxygen atoms in total. The lowest BCUT2D eigenvalue weighted by Gasteiger charge is -2.48. The van der Waals surface area contributed by atoms with Crippen molar-refractivity contribution in [2.24, 2.45) is 11.3 Å². The molecule has 6 N–H and O–H groups in total. The van der Waals surface area contributed by atoms with Crippen LogP contribution >= 0.6 is 0 Å². The van der Waals surface area contributed by atoms with Crippen LogP contribution in [0, 0.1) is 11.3 Å².